The molecule has 0 amide bonds. The molecule has 1 aromatic carbocycles. The summed E-state index contributed by atoms with van der Waals surface area (Å²) in [6.45, 7) is 3.11. The second kappa shape index (κ2) is 6.99. The topological polar surface area (TPSA) is 47.6 Å². The molecule has 2 aliphatic carbocycles. The quantitative estimate of drug-likeness (QED) is 0.654. The number of hydrogen-bond donors (Lipinski definition) is 1. The lowest BCUT2D eigenvalue weighted by atomic mass is 9.53. The number of fused-ring (bicyclic) bond motifs is 1. The molecule has 0 radical (unpaired) electrons. The summed E-state index contributed by atoms with van der Waals surface area (Å²) < 4.78 is 10.9. The van der Waals surface area contributed by atoms with Gasteiger partial charge in [-0.3, -0.25) is 4.79 Å². The molecule has 1 saturated heterocycles. The smallest absolute Gasteiger partial charge is 0.308 e. The summed E-state index contributed by atoms with van der Waals surface area (Å²) in [6.07, 6.45) is 8.97. The third-order valence-corrected chi connectivity index (χ3v) is 6.52. The predicted molar refractivity (Wildman–Crippen MR) is 96.7 cm³/mol. The maximum absolute atomic E-state index is 11.5. The second-order valence-corrected chi connectivity index (χ2v) is 7.87. The third-order valence-electron chi connectivity index (χ3n) is 6.52. The fourth-order valence-electron chi connectivity index (χ4n) is 5.43. The van der Waals surface area contributed by atoms with Crippen molar-refractivity contribution in [2.24, 2.45) is 5.92 Å². The molecule has 3 atom stereocenters. The van der Waals surface area contributed by atoms with Crippen molar-refractivity contribution in [2.75, 3.05) is 13.3 Å². The summed E-state index contributed by atoms with van der Waals surface area (Å²) in [5.74, 6) is 1.41. The van der Waals surface area contributed by atoms with Crippen molar-refractivity contribution >= 4 is 5.97 Å². The van der Waals surface area contributed by atoms with Gasteiger partial charge in [0.2, 0.25) is 6.79 Å². The Morgan fingerprint density at radius 2 is 2.24 bits per heavy atom. The van der Waals surface area contributed by atoms with Crippen LogP contribution in [0, 0.1) is 5.92 Å². The highest BCUT2D eigenvalue weighted by Gasteiger charge is 2.51. The van der Waals surface area contributed by atoms with Crippen molar-refractivity contribution in [3.8, 4) is 5.75 Å². The third kappa shape index (κ3) is 3.05. The Bertz CT molecular complexity index is 640. The second-order valence-electron chi connectivity index (χ2n) is 7.87. The van der Waals surface area contributed by atoms with Crippen LogP contribution in [0.25, 0.3) is 0 Å². The van der Waals surface area contributed by atoms with Crippen molar-refractivity contribution in [3.05, 3.63) is 29.3 Å². The van der Waals surface area contributed by atoms with Crippen LogP contribution in [-0.4, -0.2) is 25.3 Å². The number of benzene rings is 1. The predicted octanol–water partition coefficient (Wildman–Crippen LogP) is 3.71. The number of hydrogen-bond acceptors (Lipinski definition) is 4. The molecule has 4 heteroatoms. The van der Waals surface area contributed by atoms with Gasteiger partial charge in [0.15, 0.2) is 0 Å². The van der Waals surface area contributed by atoms with E-state index in [2.05, 4.69) is 17.4 Å². The molecule has 1 N–H and O–H groups in total. The summed E-state index contributed by atoms with van der Waals surface area (Å²) in [7, 11) is 0. The number of esters is 1. The summed E-state index contributed by atoms with van der Waals surface area (Å²) in [4.78, 5) is 11.5. The van der Waals surface area contributed by atoms with E-state index in [0.29, 0.717) is 17.9 Å². The first-order chi connectivity index (χ1) is 12.2. The Kier molecular flexibility index (Phi) is 4.72. The van der Waals surface area contributed by atoms with Gasteiger partial charge < -0.3 is 14.8 Å². The van der Waals surface area contributed by atoms with E-state index in [1.165, 1.54) is 43.2 Å². The molecular weight excluding hydrogens is 314 g/mol. The molecule has 136 valence electrons. The molecule has 25 heavy (non-hydrogen) atoms. The Balaban J connectivity index is 1.54. The molecule has 2 fully saturated rings. The van der Waals surface area contributed by atoms with Crippen molar-refractivity contribution in [2.45, 2.75) is 69.7 Å². The zero-order valence-electron chi connectivity index (χ0n) is 15.2. The van der Waals surface area contributed by atoms with Crippen LogP contribution < -0.4 is 10.1 Å². The van der Waals surface area contributed by atoms with Gasteiger partial charge in [-0.25, -0.2) is 0 Å². The maximum Gasteiger partial charge on any atom is 0.308 e. The van der Waals surface area contributed by atoms with Crippen LogP contribution in [0.4, 0.5) is 0 Å². The molecular formula is C21H29NO3. The van der Waals surface area contributed by atoms with Crippen LogP contribution >= 0.6 is 0 Å². The van der Waals surface area contributed by atoms with E-state index in [0.717, 1.165) is 31.1 Å². The van der Waals surface area contributed by atoms with Gasteiger partial charge in [0.1, 0.15) is 5.75 Å². The highest BCUT2D eigenvalue weighted by Crippen LogP contribution is 2.54. The number of piperidine rings is 1. The normalized spacial score (nSPS) is 30.1. The summed E-state index contributed by atoms with van der Waals surface area (Å²) >= 11 is 0. The molecule has 2 bridgehead atoms. The monoisotopic (exact) mass is 343 g/mol. The first-order valence-electron chi connectivity index (χ1n) is 9.88. The van der Waals surface area contributed by atoms with Gasteiger partial charge in [0.05, 0.1) is 0 Å². The highest BCUT2D eigenvalue weighted by atomic mass is 16.7. The van der Waals surface area contributed by atoms with E-state index in [9.17, 15) is 4.79 Å². The fourth-order valence-corrected chi connectivity index (χ4v) is 5.43. The molecule has 3 aliphatic rings. The van der Waals surface area contributed by atoms with E-state index in [-0.39, 0.29) is 12.8 Å². The van der Waals surface area contributed by atoms with Gasteiger partial charge in [-0.2, -0.15) is 0 Å². The lowest BCUT2D eigenvalue weighted by Crippen LogP contribution is -2.59. The van der Waals surface area contributed by atoms with Crippen LogP contribution in [0.3, 0.4) is 0 Å². The van der Waals surface area contributed by atoms with Crippen molar-refractivity contribution < 1.29 is 14.3 Å². The van der Waals surface area contributed by atoms with E-state index in [4.69, 9.17) is 9.47 Å². The molecule has 1 aromatic rings. The van der Waals surface area contributed by atoms with Crippen molar-refractivity contribution in [3.63, 3.8) is 0 Å². The summed E-state index contributed by atoms with van der Waals surface area (Å²) in [6, 6.07) is 7.14. The maximum atomic E-state index is 11.5. The van der Waals surface area contributed by atoms with Crippen LogP contribution in [0.1, 0.15) is 63.0 Å². The lowest BCUT2D eigenvalue weighted by molar-refractivity contribution is -0.150. The van der Waals surface area contributed by atoms with E-state index in [1.54, 1.807) is 0 Å². The first kappa shape index (κ1) is 16.9. The Labute approximate surface area is 150 Å². The van der Waals surface area contributed by atoms with Gasteiger partial charge in [0.25, 0.3) is 0 Å². The molecule has 4 nitrogen and oxygen atoms in total. The molecule has 0 unspecified atom stereocenters. The molecule has 0 aromatic heterocycles. The number of nitrogens with one attached hydrogen (secondary N) is 1. The largest absolute Gasteiger partial charge is 0.457 e. The number of carbonyl (C=O) groups excluding carboxylic acids is 1. The standard InChI is InChI=1S/C21H29NO3/c1-2-5-20(23)25-14-24-16-8-7-15-12-19-17-6-3-4-9-21(17,10-11-22-19)18(15)13-16/h7-8,13,17,19,22H,2-6,9-12,14H2,1H3/t17-,19+,21+/m1/s1. The van der Waals surface area contributed by atoms with E-state index >= 15 is 0 Å². The molecule has 1 heterocycles. The van der Waals surface area contributed by atoms with E-state index < -0.39 is 0 Å². The van der Waals surface area contributed by atoms with E-state index in [1.807, 2.05) is 13.0 Å². The number of ether oxygens (including phenoxy) is 2. The highest BCUT2D eigenvalue weighted by molar-refractivity contribution is 5.69. The summed E-state index contributed by atoms with van der Waals surface area (Å²) in [5.41, 5.74) is 3.32. The minimum Gasteiger partial charge on any atom is -0.457 e. The molecule has 1 saturated carbocycles. The average Bonchev–Trinajstić information content (AvgIpc) is 2.62. The lowest BCUT2D eigenvalue weighted by Gasteiger charge is -2.56. The molecule has 0 spiro atoms. The summed E-state index contributed by atoms with van der Waals surface area (Å²) in [5, 5.41) is 3.77. The van der Waals surface area contributed by atoms with Crippen LogP contribution in [-0.2, 0) is 21.4 Å². The minimum atomic E-state index is -0.187. The minimum absolute atomic E-state index is 0.0121. The zero-order valence-corrected chi connectivity index (χ0v) is 15.2. The van der Waals surface area contributed by atoms with Crippen LogP contribution in [0.2, 0.25) is 0 Å². The fraction of sp³-hybridized carbons (Fsp3) is 0.667. The van der Waals surface area contributed by atoms with Crippen molar-refractivity contribution in [1.29, 1.82) is 0 Å². The Hall–Kier alpha value is -1.55. The SMILES string of the molecule is CCCC(=O)OCOc1ccc2c(c1)[C@]13CCCC[C@@H]1[C@H](C2)NCC3. The van der Waals surface area contributed by atoms with Gasteiger partial charge in [-0.1, -0.05) is 25.8 Å². The van der Waals surface area contributed by atoms with Crippen molar-refractivity contribution in [1.82, 2.24) is 5.32 Å². The van der Waals surface area contributed by atoms with Crippen LogP contribution in [0.5, 0.6) is 5.75 Å². The van der Waals surface area contributed by atoms with Crippen LogP contribution in [0.15, 0.2) is 18.2 Å². The number of carbonyl (C=O) groups is 1. The van der Waals surface area contributed by atoms with Gasteiger partial charge >= 0.3 is 5.97 Å². The average molecular weight is 343 g/mol. The molecule has 1 aliphatic heterocycles. The van der Waals surface area contributed by atoms with Gasteiger partial charge in [-0.15, -0.1) is 0 Å². The Morgan fingerprint density at radius 3 is 3.12 bits per heavy atom. The Morgan fingerprint density at radius 1 is 1.32 bits per heavy atom. The molecule has 4 rings (SSSR count). The van der Waals surface area contributed by atoms with Gasteiger partial charge in [-0.05, 0) is 67.8 Å². The number of rotatable bonds is 5. The first-order valence-corrected chi connectivity index (χ1v) is 9.88. The zero-order chi connectivity index (χ0) is 17.3. The van der Waals surface area contributed by atoms with Gasteiger partial charge in [0, 0.05) is 17.9 Å².